The predicted octanol–water partition coefficient (Wildman–Crippen LogP) is 3.48. The third kappa shape index (κ3) is 4.46. The minimum atomic E-state index is -0.960. The molecule has 27 heavy (non-hydrogen) atoms. The van der Waals surface area contributed by atoms with Gasteiger partial charge in [0.25, 0.3) is 0 Å². The van der Waals surface area contributed by atoms with Gasteiger partial charge in [-0.2, -0.15) is 0 Å². The Balaban J connectivity index is 1.69. The van der Waals surface area contributed by atoms with Crippen LogP contribution in [0, 0.1) is 19.7 Å². The van der Waals surface area contributed by atoms with Gasteiger partial charge in [-0.3, -0.25) is 9.78 Å². The van der Waals surface area contributed by atoms with Gasteiger partial charge in [-0.15, -0.1) is 0 Å². The molecule has 0 radical (unpaired) electrons. The highest BCUT2D eigenvalue weighted by molar-refractivity contribution is 5.67. The molecule has 0 fully saturated rings. The Morgan fingerprint density at radius 3 is 2.78 bits per heavy atom. The highest BCUT2D eigenvalue weighted by Crippen LogP contribution is 2.26. The van der Waals surface area contributed by atoms with Crippen LogP contribution in [-0.2, 0) is 17.8 Å². The molecule has 1 N–H and O–H groups in total. The van der Waals surface area contributed by atoms with Crippen LogP contribution in [0.25, 0.3) is 11.3 Å². The van der Waals surface area contributed by atoms with Crippen molar-refractivity contribution in [2.75, 3.05) is 0 Å². The van der Waals surface area contributed by atoms with Crippen LogP contribution in [0.4, 0.5) is 4.39 Å². The number of hydrogen-bond donors (Lipinski definition) is 1. The summed E-state index contributed by atoms with van der Waals surface area (Å²) in [5, 5.41) is 12.6. The summed E-state index contributed by atoms with van der Waals surface area (Å²) in [6.45, 7) is 3.71. The molecule has 0 aliphatic carbocycles. The van der Waals surface area contributed by atoms with E-state index in [2.05, 4.69) is 15.1 Å². The number of hydrogen-bond acceptors (Lipinski definition) is 6. The largest absolute Gasteiger partial charge is 0.481 e. The quantitative estimate of drug-likeness (QED) is 0.679. The number of aliphatic carboxylic acids is 1. The van der Waals surface area contributed by atoms with Crippen LogP contribution in [0.2, 0.25) is 0 Å². The van der Waals surface area contributed by atoms with Crippen molar-refractivity contribution in [1.29, 1.82) is 0 Å². The Hall–Kier alpha value is -3.29. The maximum absolute atomic E-state index is 14.1. The van der Waals surface area contributed by atoms with Gasteiger partial charge in [0, 0.05) is 6.42 Å². The first kappa shape index (κ1) is 18.5. The first-order valence-corrected chi connectivity index (χ1v) is 8.31. The fraction of sp³-hybridized carbons (Fsp3) is 0.263. The molecule has 0 bridgehead atoms. The second-order valence-electron chi connectivity index (χ2n) is 6.05. The van der Waals surface area contributed by atoms with E-state index in [1.807, 2.05) is 6.92 Å². The summed E-state index contributed by atoms with van der Waals surface area (Å²) in [6, 6.07) is 4.61. The van der Waals surface area contributed by atoms with Gasteiger partial charge in [-0.05, 0) is 37.5 Å². The standard InChI is InChI=1S/C19H18FN3O4/c1-11-19(12(2)27-23-11)16-8-21-9-17(22-16)26-10-13-3-4-14(15(20)7-13)5-6-18(24)25/h3-4,7-9H,5-6,10H2,1-2H3,(H,24,25). The van der Waals surface area contributed by atoms with Crippen LogP contribution in [0.1, 0.15) is 29.0 Å². The summed E-state index contributed by atoms with van der Waals surface area (Å²) in [4.78, 5) is 19.1. The Morgan fingerprint density at radius 2 is 2.11 bits per heavy atom. The lowest BCUT2D eigenvalue weighted by Gasteiger charge is -2.08. The molecule has 140 valence electrons. The van der Waals surface area contributed by atoms with Crippen LogP contribution >= 0.6 is 0 Å². The van der Waals surface area contributed by atoms with E-state index in [9.17, 15) is 9.18 Å². The van der Waals surface area contributed by atoms with Crippen molar-refractivity contribution in [2.24, 2.45) is 0 Å². The number of aryl methyl sites for hydroxylation is 3. The highest BCUT2D eigenvalue weighted by Gasteiger charge is 2.14. The van der Waals surface area contributed by atoms with Crippen LogP contribution < -0.4 is 4.74 Å². The zero-order valence-electron chi connectivity index (χ0n) is 14.9. The van der Waals surface area contributed by atoms with Crippen LogP contribution in [0.15, 0.2) is 35.1 Å². The van der Waals surface area contributed by atoms with Gasteiger partial charge in [0.1, 0.15) is 18.2 Å². The lowest BCUT2D eigenvalue weighted by Crippen LogP contribution is -2.02. The van der Waals surface area contributed by atoms with E-state index in [4.69, 9.17) is 14.4 Å². The number of carboxylic acid groups (broad SMARTS) is 1. The average molecular weight is 371 g/mol. The molecular formula is C19H18FN3O4. The molecule has 0 saturated carbocycles. The maximum atomic E-state index is 14.1. The molecule has 0 atom stereocenters. The second-order valence-corrected chi connectivity index (χ2v) is 6.05. The Bertz CT molecular complexity index is 952. The summed E-state index contributed by atoms with van der Waals surface area (Å²) >= 11 is 0. The Morgan fingerprint density at radius 1 is 1.30 bits per heavy atom. The van der Waals surface area contributed by atoms with Crippen molar-refractivity contribution < 1.29 is 23.6 Å². The van der Waals surface area contributed by atoms with Crippen LogP contribution in [0.3, 0.4) is 0 Å². The van der Waals surface area contributed by atoms with Gasteiger partial charge in [-0.1, -0.05) is 17.3 Å². The molecule has 2 aromatic heterocycles. The van der Waals surface area contributed by atoms with E-state index in [0.29, 0.717) is 34.2 Å². The van der Waals surface area contributed by atoms with Crippen LogP contribution in [-0.4, -0.2) is 26.2 Å². The first-order chi connectivity index (χ1) is 12.9. The van der Waals surface area contributed by atoms with Crippen molar-refractivity contribution in [2.45, 2.75) is 33.3 Å². The van der Waals surface area contributed by atoms with Gasteiger partial charge >= 0.3 is 5.97 Å². The molecular weight excluding hydrogens is 353 g/mol. The Labute approximate surface area is 154 Å². The molecule has 0 spiro atoms. The minimum absolute atomic E-state index is 0.107. The number of benzene rings is 1. The Kier molecular flexibility index (Phi) is 5.44. The number of rotatable bonds is 7. The molecule has 0 amide bonds. The van der Waals surface area contributed by atoms with Crippen molar-refractivity contribution in [1.82, 2.24) is 15.1 Å². The third-order valence-electron chi connectivity index (χ3n) is 4.01. The van der Waals surface area contributed by atoms with Crippen molar-refractivity contribution in [3.05, 3.63) is 59.0 Å². The maximum Gasteiger partial charge on any atom is 0.303 e. The van der Waals surface area contributed by atoms with Gasteiger partial charge in [0.15, 0.2) is 0 Å². The summed E-state index contributed by atoms with van der Waals surface area (Å²) < 4.78 is 24.8. The van der Waals surface area contributed by atoms with E-state index in [0.717, 1.165) is 5.56 Å². The van der Waals surface area contributed by atoms with Crippen molar-refractivity contribution in [3.8, 4) is 17.1 Å². The van der Waals surface area contributed by atoms with E-state index in [1.54, 1.807) is 25.3 Å². The van der Waals surface area contributed by atoms with E-state index in [1.165, 1.54) is 12.3 Å². The minimum Gasteiger partial charge on any atom is -0.481 e. The molecule has 3 aromatic rings. The zero-order chi connectivity index (χ0) is 19.4. The molecule has 1 aromatic carbocycles. The molecule has 0 aliphatic heterocycles. The lowest BCUT2D eigenvalue weighted by atomic mass is 10.1. The summed E-state index contributed by atoms with van der Waals surface area (Å²) in [6.07, 6.45) is 3.10. The normalized spacial score (nSPS) is 10.8. The lowest BCUT2D eigenvalue weighted by molar-refractivity contribution is -0.136. The smallest absolute Gasteiger partial charge is 0.303 e. The topological polar surface area (TPSA) is 98.3 Å². The molecule has 0 unspecified atom stereocenters. The monoisotopic (exact) mass is 371 g/mol. The fourth-order valence-corrected chi connectivity index (χ4v) is 2.67. The molecule has 0 saturated heterocycles. The van der Waals surface area contributed by atoms with E-state index >= 15 is 0 Å². The van der Waals surface area contributed by atoms with Crippen LogP contribution in [0.5, 0.6) is 5.88 Å². The molecule has 0 aliphatic rings. The number of halogens is 1. The first-order valence-electron chi connectivity index (χ1n) is 8.31. The number of carboxylic acids is 1. The second kappa shape index (κ2) is 7.94. The van der Waals surface area contributed by atoms with Crippen molar-refractivity contribution >= 4 is 5.97 Å². The van der Waals surface area contributed by atoms with Gasteiger partial charge in [0.05, 0.1) is 29.3 Å². The molecule has 8 heteroatoms. The molecule has 7 nitrogen and oxygen atoms in total. The SMILES string of the molecule is Cc1noc(C)c1-c1cncc(OCc2ccc(CCC(=O)O)c(F)c2)n1. The van der Waals surface area contributed by atoms with E-state index < -0.39 is 11.8 Å². The predicted molar refractivity (Wildman–Crippen MR) is 93.7 cm³/mol. The molecule has 3 rings (SSSR count). The summed E-state index contributed by atoms with van der Waals surface area (Å²) in [5.41, 5.74) is 3.02. The summed E-state index contributed by atoms with van der Waals surface area (Å²) in [7, 11) is 0. The highest BCUT2D eigenvalue weighted by atomic mass is 19.1. The summed E-state index contributed by atoms with van der Waals surface area (Å²) in [5.74, 6) is -0.479. The van der Waals surface area contributed by atoms with Crippen molar-refractivity contribution in [3.63, 3.8) is 0 Å². The average Bonchev–Trinajstić information content (AvgIpc) is 2.97. The molecule has 2 heterocycles. The van der Waals surface area contributed by atoms with Gasteiger partial charge in [0.2, 0.25) is 5.88 Å². The number of nitrogens with zero attached hydrogens (tertiary/aromatic N) is 3. The number of aromatic nitrogens is 3. The van der Waals surface area contributed by atoms with Gasteiger partial charge in [-0.25, -0.2) is 9.37 Å². The fourth-order valence-electron chi connectivity index (χ4n) is 2.67. The van der Waals surface area contributed by atoms with E-state index in [-0.39, 0.29) is 19.4 Å². The third-order valence-corrected chi connectivity index (χ3v) is 4.01. The number of carbonyl (C=O) groups is 1. The zero-order valence-corrected chi connectivity index (χ0v) is 14.9. The van der Waals surface area contributed by atoms with Gasteiger partial charge < -0.3 is 14.4 Å². The number of ether oxygens (including phenoxy) is 1.